The van der Waals surface area contributed by atoms with Gasteiger partial charge in [-0.05, 0) is 61.4 Å². The fourth-order valence-corrected chi connectivity index (χ4v) is 3.07. The Morgan fingerprint density at radius 1 is 0.778 bits per heavy atom. The van der Waals surface area contributed by atoms with Crippen molar-refractivity contribution in [2.45, 2.75) is 26.2 Å². The standard InChI is InChI=1S/C22H25N3O2/c1-4-5-6-19-20(15-7-11-17(26-2)12-8-15)24-22(23)25-21(19)16-9-13-18(27-3)14-10-16/h7-14H,4-6H2,1-3H3,(H2,23,24,25). The van der Waals surface area contributed by atoms with Crippen LogP contribution < -0.4 is 15.2 Å². The first-order chi connectivity index (χ1) is 13.2. The maximum absolute atomic E-state index is 6.07. The zero-order chi connectivity index (χ0) is 19.2. The zero-order valence-electron chi connectivity index (χ0n) is 16.0. The predicted octanol–water partition coefficient (Wildman–Crippen LogP) is 4.75. The van der Waals surface area contributed by atoms with Crippen molar-refractivity contribution < 1.29 is 9.47 Å². The van der Waals surface area contributed by atoms with Gasteiger partial charge in [-0.2, -0.15) is 0 Å². The lowest BCUT2D eigenvalue weighted by Crippen LogP contribution is -2.05. The van der Waals surface area contributed by atoms with E-state index in [4.69, 9.17) is 15.2 Å². The Kier molecular flexibility index (Phi) is 5.91. The van der Waals surface area contributed by atoms with Crippen LogP contribution in [0.1, 0.15) is 25.3 Å². The SMILES string of the molecule is CCCCc1c(-c2ccc(OC)cc2)nc(N)nc1-c1ccc(OC)cc1. The van der Waals surface area contributed by atoms with Crippen LogP contribution in [0, 0.1) is 0 Å². The number of methoxy groups -OCH3 is 2. The minimum Gasteiger partial charge on any atom is -0.497 e. The average Bonchev–Trinajstić information content (AvgIpc) is 2.72. The molecule has 0 aliphatic heterocycles. The molecular formula is C22H25N3O2. The van der Waals surface area contributed by atoms with Crippen molar-refractivity contribution in [2.75, 3.05) is 20.0 Å². The van der Waals surface area contributed by atoms with Crippen LogP contribution in [0.2, 0.25) is 0 Å². The fourth-order valence-electron chi connectivity index (χ4n) is 3.07. The van der Waals surface area contributed by atoms with Gasteiger partial charge in [-0.3, -0.25) is 0 Å². The molecule has 2 N–H and O–H groups in total. The van der Waals surface area contributed by atoms with E-state index in [1.165, 1.54) is 0 Å². The number of rotatable bonds is 7. The van der Waals surface area contributed by atoms with Gasteiger partial charge in [0.25, 0.3) is 0 Å². The van der Waals surface area contributed by atoms with Gasteiger partial charge in [-0.15, -0.1) is 0 Å². The fraction of sp³-hybridized carbons (Fsp3) is 0.273. The van der Waals surface area contributed by atoms with E-state index in [9.17, 15) is 0 Å². The van der Waals surface area contributed by atoms with Crippen LogP contribution >= 0.6 is 0 Å². The molecule has 3 aromatic rings. The van der Waals surface area contributed by atoms with Crippen molar-refractivity contribution in [1.29, 1.82) is 0 Å². The quantitative estimate of drug-likeness (QED) is 0.656. The second kappa shape index (κ2) is 8.54. The third-order valence-electron chi connectivity index (χ3n) is 4.53. The molecule has 2 aromatic carbocycles. The van der Waals surface area contributed by atoms with Gasteiger partial charge in [0.1, 0.15) is 11.5 Å². The van der Waals surface area contributed by atoms with E-state index in [1.807, 2.05) is 48.5 Å². The van der Waals surface area contributed by atoms with Crippen LogP contribution in [0.25, 0.3) is 22.5 Å². The minimum absolute atomic E-state index is 0.270. The highest BCUT2D eigenvalue weighted by molar-refractivity contribution is 5.75. The summed E-state index contributed by atoms with van der Waals surface area (Å²) < 4.78 is 10.5. The van der Waals surface area contributed by atoms with E-state index < -0.39 is 0 Å². The van der Waals surface area contributed by atoms with Crippen molar-refractivity contribution >= 4 is 5.95 Å². The van der Waals surface area contributed by atoms with Gasteiger partial charge in [-0.25, -0.2) is 9.97 Å². The Hall–Kier alpha value is -3.08. The molecule has 0 saturated heterocycles. The molecule has 0 unspecified atom stereocenters. The number of nitrogens with zero attached hydrogens (tertiary/aromatic N) is 2. The Labute approximate surface area is 160 Å². The first-order valence-corrected chi connectivity index (χ1v) is 9.11. The molecule has 5 nitrogen and oxygen atoms in total. The monoisotopic (exact) mass is 363 g/mol. The number of hydrogen-bond acceptors (Lipinski definition) is 5. The maximum atomic E-state index is 6.07. The molecule has 0 bridgehead atoms. The minimum atomic E-state index is 0.270. The molecule has 0 spiro atoms. The largest absolute Gasteiger partial charge is 0.497 e. The number of benzene rings is 2. The van der Waals surface area contributed by atoms with Crippen LogP contribution in [0.5, 0.6) is 11.5 Å². The lowest BCUT2D eigenvalue weighted by Gasteiger charge is -2.15. The third-order valence-corrected chi connectivity index (χ3v) is 4.53. The van der Waals surface area contributed by atoms with Crippen LogP contribution in [-0.2, 0) is 6.42 Å². The summed E-state index contributed by atoms with van der Waals surface area (Å²) in [6.07, 6.45) is 3.04. The Bertz CT molecular complexity index is 822. The zero-order valence-corrected chi connectivity index (χ0v) is 16.0. The molecule has 0 saturated carbocycles. The van der Waals surface area contributed by atoms with Crippen LogP contribution in [0.15, 0.2) is 48.5 Å². The topological polar surface area (TPSA) is 70.3 Å². The lowest BCUT2D eigenvalue weighted by molar-refractivity contribution is 0.415. The van der Waals surface area contributed by atoms with Gasteiger partial charge in [0.15, 0.2) is 0 Å². The smallest absolute Gasteiger partial charge is 0.221 e. The number of aromatic nitrogens is 2. The maximum Gasteiger partial charge on any atom is 0.221 e. The van der Waals surface area contributed by atoms with E-state index in [2.05, 4.69) is 16.9 Å². The molecule has 0 atom stereocenters. The molecule has 0 amide bonds. The molecule has 0 aliphatic carbocycles. The van der Waals surface area contributed by atoms with Gasteiger partial charge in [-0.1, -0.05) is 13.3 Å². The summed E-state index contributed by atoms with van der Waals surface area (Å²) in [5, 5.41) is 0. The molecular weight excluding hydrogens is 338 g/mol. The summed E-state index contributed by atoms with van der Waals surface area (Å²) in [7, 11) is 3.32. The number of ether oxygens (including phenoxy) is 2. The van der Waals surface area contributed by atoms with E-state index in [0.29, 0.717) is 0 Å². The number of nitrogens with two attached hydrogens (primary N) is 1. The Morgan fingerprint density at radius 2 is 1.22 bits per heavy atom. The third kappa shape index (κ3) is 4.19. The highest BCUT2D eigenvalue weighted by Gasteiger charge is 2.16. The van der Waals surface area contributed by atoms with Crippen LogP contribution in [-0.4, -0.2) is 24.2 Å². The molecule has 1 aromatic heterocycles. The van der Waals surface area contributed by atoms with E-state index in [1.54, 1.807) is 14.2 Å². The van der Waals surface area contributed by atoms with Crippen molar-refractivity contribution in [1.82, 2.24) is 9.97 Å². The highest BCUT2D eigenvalue weighted by atomic mass is 16.5. The summed E-state index contributed by atoms with van der Waals surface area (Å²) in [6, 6.07) is 15.8. The second-order valence-corrected chi connectivity index (χ2v) is 6.32. The number of unbranched alkanes of at least 4 members (excludes halogenated alkanes) is 1. The summed E-state index contributed by atoms with van der Waals surface area (Å²) in [6.45, 7) is 2.18. The molecule has 0 aliphatic rings. The average molecular weight is 363 g/mol. The second-order valence-electron chi connectivity index (χ2n) is 6.32. The van der Waals surface area contributed by atoms with Gasteiger partial charge in [0, 0.05) is 16.7 Å². The van der Waals surface area contributed by atoms with E-state index in [0.717, 1.165) is 58.8 Å². The number of anilines is 1. The van der Waals surface area contributed by atoms with Crippen LogP contribution in [0.3, 0.4) is 0 Å². The Balaban J connectivity index is 2.14. The molecule has 0 fully saturated rings. The van der Waals surface area contributed by atoms with Crippen LogP contribution in [0.4, 0.5) is 5.95 Å². The molecule has 3 rings (SSSR count). The Morgan fingerprint density at radius 3 is 1.59 bits per heavy atom. The van der Waals surface area contributed by atoms with E-state index >= 15 is 0 Å². The molecule has 1 heterocycles. The normalized spacial score (nSPS) is 10.6. The number of nitrogen functional groups attached to an aromatic ring is 1. The van der Waals surface area contributed by atoms with Gasteiger partial charge < -0.3 is 15.2 Å². The predicted molar refractivity (Wildman–Crippen MR) is 109 cm³/mol. The summed E-state index contributed by atoms with van der Waals surface area (Å²) in [4.78, 5) is 9.15. The number of hydrogen-bond donors (Lipinski definition) is 1. The molecule has 0 radical (unpaired) electrons. The summed E-state index contributed by atoms with van der Waals surface area (Å²) in [5.41, 5.74) is 11.0. The van der Waals surface area contributed by atoms with E-state index in [-0.39, 0.29) is 5.95 Å². The lowest BCUT2D eigenvalue weighted by atomic mass is 9.96. The van der Waals surface area contributed by atoms with Gasteiger partial charge in [0.2, 0.25) is 5.95 Å². The van der Waals surface area contributed by atoms with Gasteiger partial charge >= 0.3 is 0 Å². The van der Waals surface area contributed by atoms with Crippen molar-refractivity contribution in [2.24, 2.45) is 0 Å². The molecule has 140 valence electrons. The molecule has 27 heavy (non-hydrogen) atoms. The molecule has 5 heteroatoms. The van der Waals surface area contributed by atoms with Crippen molar-refractivity contribution in [3.8, 4) is 34.0 Å². The highest BCUT2D eigenvalue weighted by Crippen LogP contribution is 2.33. The first-order valence-electron chi connectivity index (χ1n) is 9.11. The first kappa shape index (κ1) is 18.7. The van der Waals surface area contributed by atoms with Crippen molar-refractivity contribution in [3.05, 3.63) is 54.1 Å². The summed E-state index contributed by atoms with van der Waals surface area (Å²) in [5.74, 6) is 1.89. The summed E-state index contributed by atoms with van der Waals surface area (Å²) >= 11 is 0. The van der Waals surface area contributed by atoms with Gasteiger partial charge in [0.05, 0.1) is 25.6 Å². The van der Waals surface area contributed by atoms with Crippen molar-refractivity contribution in [3.63, 3.8) is 0 Å².